The minimum absolute atomic E-state index is 0.220. The third kappa shape index (κ3) is 2.43. The molecule has 0 bridgehead atoms. The van der Waals surface area contributed by atoms with Gasteiger partial charge in [-0.2, -0.15) is 0 Å². The van der Waals surface area contributed by atoms with Gasteiger partial charge in [-0.15, -0.1) is 0 Å². The minimum Gasteiger partial charge on any atom is -0.460 e. The van der Waals surface area contributed by atoms with Crippen LogP contribution in [0, 0.1) is 13.8 Å². The SMILES string of the molecule is Cc1nc2ccccc2c(C)c1C(=O)O[C@H]1C[C@@H](C)OC1=O. The van der Waals surface area contributed by atoms with Gasteiger partial charge in [-0.3, -0.25) is 4.98 Å². The van der Waals surface area contributed by atoms with Crippen molar-refractivity contribution >= 4 is 22.8 Å². The molecule has 2 heterocycles. The van der Waals surface area contributed by atoms with Crippen molar-refractivity contribution < 1.29 is 19.1 Å². The molecule has 0 aliphatic carbocycles. The summed E-state index contributed by atoms with van der Waals surface area (Å²) < 4.78 is 10.3. The fourth-order valence-corrected chi connectivity index (χ4v) is 2.84. The van der Waals surface area contributed by atoms with Crippen LogP contribution >= 0.6 is 0 Å². The maximum absolute atomic E-state index is 12.5. The van der Waals surface area contributed by atoms with E-state index in [2.05, 4.69) is 4.98 Å². The number of carbonyl (C=O) groups excluding carboxylic acids is 2. The first-order chi connectivity index (χ1) is 10.5. The van der Waals surface area contributed by atoms with Gasteiger partial charge in [0.1, 0.15) is 6.10 Å². The Hall–Kier alpha value is -2.43. The summed E-state index contributed by atoms with van der Waals surface area (Å²) in [5.41, 5.74) is 2.67. The van der Waals surface area contributed by atoms with Crippen molar-refractivity contribution in [3.8, 4) is 0 Å². The van der Waals surface area contributed by atoms with E-state index in [1.165, 1.54) is 0 Å². The number of para-hydroxylation sites is 1. The molecule has 1 saturated heterocycles. The molecule has 0 unspecified atom stereocenters. The normalized spacial score (nSPS) is 21.0. The van der Waals surface area contributed by atoms with Crippen molar-refractivity contribution in [3.05, 3.63) is 41.1 Å². The van der Waals surface area contributed by atoms with Crippen molar-refractivity contribution in [1.82, 2.24) is 4.98 Å². The van der Waals surface area contributed by atoms with Crippen LogP contribution in [0.3, 0.4) is 0 Å². The molecule has 0 radical (unpaired) electrons. The summed E-state index contributed by atoms with van der Waals surface area (Å²) >= 11 is 0. The maximum Gasteiger partial charge on any atom is 0.347 e. The van der Waals surface area contributed by atoms with Gasteiger partial charge in [0, 0.05) is 11.8 Å². The van der Waals surface area contributed by atoms with E-state index < -0.39 is 18.0 Å². The van der Waals surface area contributed by atoms with E-state index in [0.717, 1.165) is 16.5 Å². The molecule has 1 aromatic heterocycles. The van der Waals surface area contributed by atoms with E-state index in [1.807, 2.05) is 31.2 Å². The first kappa shape index (κ1) is 14.5. The van der Waals surface area contributed by atoms with E-state index in [0.29, 0.717) is 17.7 Å². The maximum atomic E-state index is 12.5. The van der Waals surface area contributed by atoms with Crippen molar-refractivity contribution in [2.45, 2.75) is 39.4 Å². The summed E-state index contributed by atoms with van der Waals surface area (Å²) in [5.74, 6) is -1.01. The van der Waals surface area contributed by atoms with Crippen LogP contribution in [0.15, 0.2) is 24.3 Å². The number of pyridine rings is 1. The lowest BCUT2D eigenvalue weighted by Gasteiger charge is -2.13. The standard InChI is InChI=1S/C17H17NO4/c1-9-8-14(16(19)21-9)22-17(20)15-10(2)12-6-4-5-7-13(12)18-11(15)3/h4-7,9,14H,8H2,1-3H3/t9-,14+/m1/s1. The number of nitrogens with zero attached hydrogens (tertiary/aromatic N) is 1. The average Bonchev–Trinajstić information content (AvgIpc) is 2.76. The van der Waals surface area contributed by atoms with Gasteiger partial charge in [0.2, 0.25) is 6.10 Å². The first-order valence-corrected chi connectivity index (χ1v) is 7.24. The fraction of sp³-hybridized carbons (Fsp3) is 0.353. The molecule has 1 fully saturated rings. The second-order valence-corrected chi connectivity index (χ2v) is 5.59. The number of cyclic esters (lactones) is 1. The van der Waals surface area contributed by atoms with E-state index in [-0.39, 0.29) is 6.10 Å². The zero-order valence-electron chi connectivity index (χ0n) is 12.8. The predicted octanol–water partition coefficient (Wildman–Crippen LogP) is 2.71. The molecular weight excluding hydrogens is 282 g/mol. The minimum atomic E-state index is -0.826. The second kappa shape index (κ2) is 5.40. The number of ether oxygens (including phenoxy) is 2. The molecule has 0 spiro atoms. The van der Waals surface area contributed by atoms with Gasteiger partial charge in [-0.05, 0) is 32.4 Å². The Kier molecular flexibility index (Phi) is 3.56. The van der Waals surface area contributed by atoms with Crippen LogP contribution < -0.4 is 0 Å². The Labute approximate surface area is 128 Å². The smallest absolute Gasteiger partial charge is 0.347 e. The van der Waals surface area contributed by atoms with Crippen LogP contribution in [0.5, 0.6) is 0 Å². The Bertz CT molecular complexity index is 769. The van der Waals surface area contributed by atoms with Gasteiger partial charge >= 0.3 is 11.9 Å². The zero-order chi connectivity index (χ0) is 15.9. The van der Waals surface area contributed by atoms with Gasteiger partial charge in [0.15, 0.2) is 0 Å². The van der Waals surface area contributed by atoms with E-state index in [9.17, 15) is 9.59 Å². The van der Waals surface area contributed by atoms with Crippen LogP contribution in [0.2, 0.25) is 0 Å². The molecule has 3 rings (SSSR count). The quantitative estimate of drug-likeness (QED) is 0.798. The lowest BCUT2D eigenvalue weighted by Crippen LogP contribution is -2.24. The van der Waals surface area contributed by atoms with E-state index >= 15 is 0 Å². The van der Waals surface area contributed by atoms with E-state index in [4.69, 9.17) is 9.47 Å². The van der Waals surface area contributed by atoms with Crippen molar-refractivity contribution in [3.63, 3.8) is 0 Å². The number of carbonyl (C=O) groups is 2. The van der Waals surface area contributed by atoms with E-state index in [1.54, 1.807) is 13.8 Å². The second-order valence-electron chi connectivity index (χ2n) is 5.59. The van der Waals surface area contributed by atoms with Gasteiger partial charge in [0.25, 0.3) is 0 Å². The topological polar surface area (TPSA) is 65.5 Å². The third-order valence-corrected chi connectivity index (χ3v) is 3.91. The van der Waals surface area contributed by atoms with Crippen LogP contribution in [0.1, 0.15) is 35.0 Å². The number of fused-ring (bicyclic) bond motifs is 1. The number of rotatable bonds is 2. The fourth-order valence-electron chi connectivity index (χ4n) is 2.84. The summed E-state index contributed by atoms with van der Waals surface area (Å²) in [6.07, 6.45) is -0.654. The van der Waals surface area contributed by atoms with Crippen LogP contribution in [-0.4, -0.2) is 29.1 Å². The molecule has 114 valence electrons. The molecule has 2 aromatic rings. The summed E-state index contributed by atoms with van der Waals surface area (Å²) in [6.45, 7) is 5.41. The number of aryl methyl sites for hydroxylation is 2. The number of benzene rings is 1. The molecule has 2 atom stereocenters. The predicted molar refractivity (Wildman–Crippen MR) is 80.6 cm³/mol. The van der Waals surface area contributed by atoms with Crippen LogP contribution in [0.25, 0.3) is 10.9 Å². The molecule has 5 nitrogen and oxygen atoms in total. The lowest BCUT2D eigenvalue weighted by atomic mass is 10.0. The molecular formula is C17H17NO4. The van der Waals surface area contributed by atoms with Crippen molar-refractivity contribution in [1.29, 1.82) is 0 Å². The first-order valence-electron chi connectivity index (χ1n) is 7.24. The molecule has 0 amide bonds. The average molecular weight is 299 g/mol. The molecule has 0 saturated carbocycles. The van der Waals surface area contributed by atoms with Crippen molar-refractivity contribution in [2.24, 2.45) is 0 Å². The summed E-state index contributed by atoms with van der Waals surface area (Å²) in [6, 6.07) is 7.62. The highest BCUT2D eigenvalue weighted by Crippen LogP contribution is 2.25. The number of esters is 2. The monoisotopic (exact) mass is 299 g/mol. The molecule has 1 aromatic carbocycles. The number of hydrogen-bond donors (Lipinski definition) is 0. The van der Waals surface area contributed by atoms with Crippen molar-refractivity contribution in [2.75, 3.05) is 0 Å². The summed E-state index contributed by atoms with van der Waals surface area (Å²) in [7, 11) is 0. The molecule has 0 N–H and O–H groups in total. The molecule has 1 aliphatic heterocycles. The third-order valence-electron chi connectivity index (χ3n) is 3.91. The Morgan fingerprint density at radius 1 is 1.32 bits per heavy atom. The van der Waals surface area contributed by atoms with Crippen LogP contribution in [0.4, 0.5) is 0 Å². The summed E-state index contributed by atoms with van der Waals surface area (Å²) in [4.78, 5) is 28.5. The highest BCUT2D eigenvalue weighted by molar-refractivity contribution is 5.99. The number of hydrogen-bond acceptors (Lipinski definition) is 5. The van der Waals surface area contributed by atoms with Gasteiger partial charge in [-0.25, -0.2) is 9.59 Å². The zero-order valence-corrected chi connectivity index (χ0v) is 12.8. The van der Waals surface area contributed by atoms with Gasteiger partial charge < -0.3 is 9.47 Å². The molecule has 22 heavy (non-hydrogen) atoms. The Morgan fingerprint density at radius 2 is 2.05 bits per heavy atom. The molecule has 5 heteroatoms. The highest BCUT2D eigenvalue weighted by Gasteiger charge is 2.35. The van der Waals surface area contributed by atoms with Crippen LogP contribution in [-0.2, 0) is 14.3 Å². The Balaban J connectivity index is 1.96. The summed E-state index contributed by atoms with van der Waals surface area (Å²) in [5, 5.41) is 0.905. The van der Waals surface area contributed by atoms with Gasteiger partial charge in [0.05, 0.1) is 16.8 Å². The highest BCUT2D eigenvalue weighted by atomic mass is 16.6. The molecule has 1 aliphatic rings. The lowest BCUT2D eigenvalue weighted by molar-refractivity contribution is -0.147. The largest absolute Gasteiger partial charge is 0.460 e. The Morgan fingerprint density at radius 3 is 2.73 bits per heavy atom. The number of aromatic nitrogens is 1. The van der Waals surface area contributed by atoms with Gasteiger partial charge in [-0.1, -0.05) is 18.2 Å².